The van der Waals surface area contributed by atoms with Crippen LogP contribution < -0.4 is 4.74 Å². The first-order valence-electron chi connectivity index (χ1n) is 10.3. The molecular formula is C24H28N2O4. The van der Waals surface area contributed by atoms with Crippen LogP contribution in [0.15, 0.2) is 48.2 Å². The van der Waals surface area contributed by atoms with Crippen molar-refractivity contribution in [3.05, 3.63) is 65.0 Å². The van der Waals surface area contributed by atoms with Crippen molar-refractivity contribution in [3.8, 4) is 5.75 Å². The zero-order valence-corrected chi connectivity index (χ0v) is 17.9. The number of likely N-dealkylation sites (tertiary alicyclic amines) is 1. The van der Waals surface area contributed by atoms with Crippen LogP contribution in [0.4, 0.5) is 0 Å². The third-order valence-electron chi connectivity index (χ3n) is 5.39. The molecule has 1 aliphatic heterocycles. The maximum Gasteiger partial charge on any atom is 0.295 e. The first kappa shape index (κ1) is 21.6. The third-order valence-corrected chi connectivity index (χ3v) is 5.39. The molecule has 0 spiro atoms. The zero-order valence-electron chi connectivity index (χ0n) is 17.9. The molecule has 1 aromatic carbocycles. The van der Waals surface area contributed by atoms with Crippen LogP contribution in [0.25, 0.3) is 5.76 Å². The van der Waals surface area contributed by atoms with Gasteiger partial charge in [0.05, 0.1) is 18.4 Å². The number of nitrogens with zero attached hydrogens (tertiary/aromatic N) is 2. The molecule has 0 radical (unpaired) electrons. The lowest BCUT2D eigenvalue weighted by atomic mass is 9.94. The summed E-state index contributed by atoms with van der Waals surface area (Å²) >= 11 is 0. The molecule has 1 amide bonds. The lowest BCUT2D eigenvalue weighted by molar-refractivity contribution is -0.140. The van der Waals surface area contributed by atoms with E-state index in [9.17, 15) is 14.7 Å². The molecule has 2 aromatic rings. The van der Waals surface area contributed by atoms with E-state index in [1.165, 1.54) is 4.90 Å². The van der Waals surface area contributed by atoms with Gasteiger partial charge in [0.15, 0.2) is 0 Å². The standard InChI is InChI=1S/C24H28N2O4/c1-5-6-13-26-21(18-9-7-8-12-25-18)20(23(28)24(26)29)22(27)16-10-11-19(30-4)17(14-16)15(2)3/h7-12,14-15,21,27H,5-6,13H2,1-4H3/b22-20-. The average Bonchev–Trinajstić information content (AvgIpc) is 3.02. The fourth-order valence-corrected chi connectivity index (χ4v) is 3.77. The number of Topliss-reactive ketones (excluding diaryl/α,β-unsaturated/α-hetero) is 1. The Bertz CT molecular complexity index is 966. The monoisotopic (exact) mass is 408 g/mol. The second-order valence-electron chi connectivity index (χ2n) is 7.71. The number of ether oxygens (including phenoxy) is 1. The molecule has 1 unspecified atom stereocenters. The van der Waals surface area contributed by atoms with Crippen molar-refractivity contribution in [1.29, 1.82) is 0 Å². The smallest absolute Gasteiger partial charge is 0.295 e. The van der Waals surface area contributed by atoms with Gasteiger partial charge in [-0.1, -0.05) is 33.3 Å². The Morgan fingerprint density at radius 2 is 2.00 bits per heavy atom. The molecule has 158 valence electrons. The number of amides is 1. The summed E-state index contributed by atoms with van der Waals surface area (Å²) in [6.45, 7) is 6.51. The number of hydrogen-bond acceptors (Lipinski definition) is 5. The number of hydrogen-bond donors (Lipinski definition) is 1. The van der Waals surface area contributed by atoms with E-state index in [0.717, 1.165) is 18.4 Å². The molecule has 0 bridgehead atoms. The molecule has 1 aromatic heterocycles. The van der Waals surface area contributed by atoms with Crippen molar-refractivity contribution in [1.82, 2.24) is 9.88 Å². The van der Waals surface area contributed by atoms with Crippen LogP contribution in [-0.4, -0.2) is 40.3 Å². The van der Waals surface area contributed by atoms with Gasteiger partial charge in [-0.2, -0.15) is 0 Å². The summed E-state index contributed by atoms with van der Waals surface area (Å²) in [7, 11) is 1.60. The summed E-state index contributed by atoms with van der Waals surface area (Å²) in [5.41, 5.74) is 2.03. The van der Waals surface area contributed by atoms with E-state index < -0.39 is 17.7 Å². The van der Waals surface area contributed by atoms with Gasteiger partial charge in [0.1, 0.15) is 17.6 Å². The predicted molar refractivity (Wildman–Crippen MR) is 115 cm³/mol. The Hall–Kier alpha value is -3.15. The van der Waals surface area contributed by atoms with Gasteiger partial charge in [-0.25, -0.2) is 0 Å². The number of aliphatic hydroxyl groups is 1. The highest BCUT2D eigenvalue weighted by Crippen LogP contribution is 2.39. The van der Waals surface area contributed by atoms with E-state index in [1.807, 2.05) is 32.9 Å². The molecule has 3 rings (SSSR count). The molecule has 1 atom stereocenters. The number of unbranched alkanes of at least 4 members (excludes halogenated alkanes) is 1. The SMILES string of the molecule is CCCCN1C(=O)C(=O)/C(=C(\O)c2ccc(OC)c(C(C)C)c2)C1c1ccccn1. The summed E-state index contributed by atoms with van der Waals surface area (Å²) in [5.74, 6) is -0.593. The Morgan fingerprint density at radius 1 is 1.23 bits per heavy atom. The highest BCUT2D eigenvalue weighted by Gasteiger charge is 2.46. The van der Waals surface area contributed by atoms with E-state index in [2.05, 4.69) is 4.98 Å². The van der Waals surface area contributed by atoms with Gasteiger partial charge in [-0.15, -0.1) is 0 Å². The number of carbonyl (C=O) groups is 2. The van der Waals surface area contributed by atoms with Crippen molar-refractivity contribution in [2.24, 2.45) is 0 Å². The van der Waals surface area contributed by atoms with Gasteiger partial charge in [0, 0.05) is 18.3 Å². The van der Waals surface area contributed by atoms with Crippen LogP contribution in [0.2, 0.25) is 0 Å². The summed E-state index contributed by atoms with van der Waals surface area (Å²) < 4.78 is 5.42. The largest absolute Gasteiger partial charge is 0.507 e. The molecule has 0 saturated carbocycles. The second-order valence-corrected chi connectivity index (χ2v) is 7.71. The van der Waals surface area contributed by atoms with Crippen LogP contribution in [0, 0.1) is 0 Å². The number of aliphatic hydroxyl groups excluding tert-OH is 1. The van der Waals surface area contributed by atoms with Gasteiger partial charge in [0.25, 0.3) is 11.7 Å². The molecule has 6 nitrogen and oxygen atoms in total. The highest BCUT2D eigenvalue weighted by atomic mass is 16.5. The van der Waals surface area contributed by atoms with Crippen molar-refractivity contribution < 1.29 is 19.4 Å². The van der Waals surface area contributed by atoms with Crippen molar-refractivity contribution in [2.75, 3.05) is 13.7 Å². The minimum atomic E-state index is -0.706. The first-order valence-corrected chi connectivity index (χ1v) is 10.3. The number of methoxy groups -OCH3 is 1. The summed E-state index contributed by atoms with van der Waals surface area (Å²) in [6.07, 6.45) is 3.27. The summed E-state index contributed by atoms with van der Waals surface area (Å²) in [6, 6.07) is 9.95. The number of aromatic nitrogens is 1. The average molecular weight is 408 g/mol. The minimum absolute atomic E-state index is 0.0784. The van der Waals surface area contributed by atoms with Crippen LogP contribution in [-0.2, 0) is 9.59 Å². The molecule has 2 heterocycles. The van der Waals surface area contributed by atoms with Gasteiger partial charge < -0.3 is 14.7 Å². The fourth-order valence-electron chi connectivity index (χ4n) is 3.77. The van der Waals surface area contributed by atoms with Crippen LogP contribution in [0.3, 0.4) is 0 Å². The minimum Gasteiger partial charge on any atom is -0.507 e. The number of pyridine rings is 1. The van der Waals surface area contributed by atoms with Crippen LogP contribution in [0.5, 0.6) is 5.75 Å². The van der Waals surface area contributed by atoms with E-state index in [0.29, 0.717) is 23.6 Å². The van der Waals surface area contributed by atoms with Gasteiger partial charge >= 0.3 is 0 Å². The molecule has 0 aliphatic carbocycles. The molecular weight excluding hydrogens is 380 g/mol. The predicted octanol–water partition coefficient (Wildman–Crippen LogP) is 4.44. The molecule has 1 aliphatic rings. The molecule has 1 N–H and O–H groups in total. The van der Waals surface area contributed by atoms with Crippen molar-refractivity contribution in [2.45, 2.75) is 45.6 Å². The first-order chi connectivity index (χ1) is 14.4. The van der Waals surface area contributed by atoms with Gasteiger partial charge in [-0.3, -0.25) is 14.6 Å². The normalized spacial score (nSPS) is 18.3. The number of benzene rings is 1. The Balaban J connectivity index is 2.17. The maximum atomic E-state index is 13.0. The number of ketones is 1. The van der Waals surface area contributed by atoms with Crippen molar-refractivity contribution >= 4 is 17.4 Å². The quantitative estimate of drug-likeness (QED) is 0.416. The van der Waals surface area contributed by atoms with Gasteiger partial charge in [0.2, 0.25) is 0 Å². The summed E-state index contributed by atoms with van der Waals surface area (Å²) in [4.78, 5) is 31.7. The molecule has 6 heteroatoms. The van der Waals surface area contributed by atoms with E-state index in [4.69, 9.17) is 4.74 Å². The zero-order chi connectivity index (χ0) is 21.8. The van der Waals surface area contributed by atoms with E-state index >= 15 is 0 Å². The molecule has 1 fully saturated rings. The Kier molecular flexibility index (Phi) is 6.55. The van der Waals surface area contributed by atoms with Crippen LogP contribution in [0.1, 0.15) is 62.4 Å². The fraction of sp³-hybridized carbons (Fsp3) is 0.375. The van der Waals surface area contributed by atoms with Crippen molar-refractivity contribution in [3.63, 3.8) is 0 Å². The lowest BCUT2D eigenvalue weighted by Crippen LogP contribution is -2.31. The number of carbonyl (C=O) groups excluding carboxylic acids is 2. The van der Waals surface area contributed by atoms with E-state index in [1.54, 1.807) is 37.6 Å². The lowest BCUT2D eigenvalue weighted by Gasteiger charge is -2.24. The Morgan fingerprint density at radius 3 is 2.60 bits per heavy atom. The Labute approximate surface area is 177 Å². The summed E-state index contributed by atoms with van der Waals surface area (Å²) in [5, 5.41) is 11.2. The maximum absolute atomic E-state index is 13.0. The topological polar surface area (TPSA) is 79.7 Å². The molecule has 1 saturated heterocycles. The van der Waals surface area contributed by atoms with Gasteiger partial charge in [-0.05, 0) is 48.2 Å². The second kappa shape index (κ2) is 9.11. The highest BCUT2D eigenvalue weighted by molar-refractivity contribution is 6.46. The van der Waals surface area contributed by atoms with Crippen LogP contribution >= 0.6 is 0 Å². The third kappa shape index (κ3) is 3.95. The number of rotatable bonds is 7. The van der Waals surface area contributed by atoms with E-state index in [-0.39, 0.29) is 17.3 Å². The molecule has 30 heavy (non-hydrogen) atoms.